The van der Waals surface area contributed by atoms with Gasteiger partial charge in [-0.15, -0.1) is 0 Å². The van der Waals surface area contributed by atoms with Crippen LogP contribution < -0.4 is 0 Å². The van der Waals surface area contributed by atoms with Crippen LogP contribution in [0, 0.1) is 11.3 Å². The Balaban J connectivity index is 2.34. The van der Waals surface area contributed by atoms with Gasteiger partial charge in [0, 0.05) is 0 Å². The molecular formula is C13H20O. The summed E-state index contributed by atoms with van der Waals surface area (Å²) in [7, 11) is 0. The van der Waals surface area contributed by atoms with Crippen LogP contribution in [0.25, 0.3) is 0 Å². The molecule has 14 heavy (non-hydrogen) atoms. The first-order valence-corrected chi connectivity index (χ1v) is 5.60. The fourth-order valence-corrected chi connectivity index (χ4v) is 2.85. The van der Waals surface area contributed by atoms with E-state index >= 15 is 0 Å². The molecule has 0 saturated heterocycles. The lowest BCUT2D eigenvalue weighted by Crippen LogP contribution is -2.36. The van der Waals surface area contributed by atoms with Crippen LogP contribution in [0.15, 0.2) is 23.3 Å². The maximum atomic E-state index is 9.65. The van der Waals surface area contributed by atoms with Gasteiger partial charge in [-0.1, -0.05) is 37.1 Å². The number of rotatable bonds is 0. The van der Waals surface area contributed by atoms with E-state index in [0.29, 0.717) is 11.3 Å². The number of aliphatic hydroxyl groups excluding tert-OH is 1. The lowest BCUT2D eigenvalue weighted by atomic mass is 9.60. The molecule has 1 fully saturated rings. The van der Waals surface area contributed by atoms with Gasteiger partial charge in [0.2, 0.25) is 0 Å². The van der Waals surface area contributed by atoms with E-state index < -0.39 is 0 Å². The second-order valence-corrected chi connectivity index (χ2v) is 5.14. The minimum Gasteiger partial charge on any atom is -0.393 e. The van der Waals surface area contributed by atoms with E-state index in [4.69, 9.17) is 0 Å². The zero-order valence-corrected chi connectivity index (χ0v) is 9.38. The summed E-state index contributed by atoms with van der Waals surface area (Å²) in [6, 6.07) is 0. The third-order valence-electron chi connectivity index (χ3n) is 4.37. The van der Waals surface area contributed by atoms with Crippen molar-refractivity contribution in [1.29, 1.82) is 0 Å². The molecule has 2 rings (SSSR count). The van der Waals surface area contributed by atoms with E-state index in [1.165, 1.54) is 11.1 Å². The summed E-state index contributed by atoms with van der Waals surface area (Å²) in [6.07, 6.45) is 7.33. The third-order valence-corrected chi connectivity index (χ3v) is 4.37. The Morgan fingerprint density at radius 3 is 2.86 bits per heavy atom. The highest BCUT2D eigenvalue weighted by Crippen LogP contribution is 2.50. The average molecular weight is 192 g/mol. The fourth-order valence-electron chi connectivity index (χ4n) is 2.85. The zero-order valence-electron chi connectivity index (χ0n) is 9.38. The Bertz CT molecular complexity index is 300. The molecule has 0 amide bonds. The predicted octanol–water partition coefficient (Wildman–Crippen LogP) is 3.06. The first kappa shape index (κ1) is 9.97. The molecule has 1 saturated carbocycles. The summed E-state index contributed by atoms with van der Waals surface area (Å²) in [5.74, 6) is 0.634. The van der Waals surface area contributed by atoms with Crippen LogP contribution in [0.3, 0.4) is 0 Å². The molecule has 0 aromatic carbocycles. The van der Waals surface area contributed by atoms with Gasteiger partial charge in [-0.05, 0) is 37.5 Å². The van der Waals surface area contributed by atoms with Gasteiger partial charge in [0.1, 0.15) is 0 Å². The summed E-state index contributed by atoms with van der Waals surface area (Å²) in [5, 5.41) is 9.65. The van der Waals surface area contributed by atoms with Gasteiger partial charge in [-0.3, -0.25) is 0 Å². The van der Waals surface area contributed by atoms with E-state index in [2.05, 4.69) is 32.9 Å². The highest BCUT2D eigenvalue weighted by molar-refractivity contribution is 5.33. The minimum absolute atomic E-state index is 0.103. The van der Waals surface area contributed by atoms with Crippen molar-refractivity contribution in [3.63, 3.8) is 0 Å². The molecule has 2 aliphatic carbocycles. The van der Waals surface area contributed by atoms with Gasteiger partial charge in [0.15, 0.2) is 0 Å². The second-order valence-electron chi connectivity index (χ2n) is 5.14. The van der Waals surface area contributed by atoms with E-state index in [1.54, 1.807) is 0 Å². The quantitative estimate of drug-likeness (QED) is 0.625. The van der Waals surface area contributed by atoms with Crippen LogP contribution >= 0.6 is 0 Å². The van der Waals surface area contributed by atoms with Gasteiger partial charge >= 0.3 is 0 Å². The number of fused-ring (bicyclic) bond motifs is 1. The Kier molecular flexibility index (Phi) is 2.30. The van der Waals surface area contributed by atoms with E-state index in [9.17, 15) is 5.11 Å². The third kappa shape index (κ3) is 1.35. The molecule has 3 atom stereocenters. The van der Waals surface area contributed by atoms with Gasteiger partial charge < -0.3 is 5.11 Å². The summed E-state index contributed by atoms with van der Waals surface area (Å²) >= 11 is 0. The SMILES string of the molecule is CC1=CC=C2CC(O)CC[C@]2(C)C1C. The largest absolute Gasteiger partial charge is 0.393 e. The van der Waals surface area contributed by atoms with E-state index in [0.717, 1.165) is 19.3 Å². The van der Waals surface area contributed by atoms with Crippen molar-refractivity contribution in [2.75, 3.05) is 0 Å². The topological polar surface area (TPSA) is 20.2 Å². The van der Waals surface area contributed by atoms with Gasteiger partial charge in [-0.2, -0.15) is 0 Å². The second kappa shape index (κ2) is 3.23. The van der Waals surface area contributed by atoms with E-state index in [-0.39, 0.29) is 6.10 Å². The molecule has 0 aromatic heterocycles. The molecule has 2 aliphatic rings. The molecule has 1 N–H and O–H groups in total. The van der Waals surface area contributed by atoms with Gasteiger partial charge in [0.05, 0.1) is 6.10 Å². The van der Waals surface area contributed by atoms with Crippen molar-refractivity contribution in [3.05, 3.63) is 23.3 Å². The maximum absolute atomic E-state index is 9.65. The van der Waals surface area contributed by atoms with Crippen molar-refractivity contribution in [2.24, 2.45) is 11.3 Å². The summed E-state index contributed by atoms with van der Waals surface area (Å²) in [6.45, 7) is 6.89. The lowest BCUT2D eigenvalue weighted by molar-refractivity contribution is 0.0938. The highest BCUT2D eigenvalue weighted by Gasteiger charge is 2.40. The molecule has 78 valence electrons. The van der Waals surface area contributed by atoms with Gasteiger partial charge in [-0.25, -0.2) is 0 Å². The smallest absolute Gasteiger partial charge is 0.0578 e. The van der Waals surface area contributed by atoms with Gasteiger partial charge in [0.25, 0.3) is 0 Å². The van der Waals surface area contributed by atoms with Crippen molar-refractivity contribution >= 4 is 0 Å². The Labute approximate surface area is 86.5 Å². The van der Waals surface area contributed by atoms with Crippen molar-refractivity contribution in [3.8, 4) is 0 Å². The Hall–Kier alpha value is -0.560. The average Bonchev–Trinajstić information content (AvgIpc) is 2.16. The van der Waals surface area contributed by atoms with Crippen LogP contribution in [0.5, 0.6) is 0 Å². The molecule has 1 nitrogen and oxygen atoms in total. The summed E-state index contributed by atoms with van der Waals surface area (Å²) < 4.78 is 0. The Morgan fingerprint density at radius 1 is 1.43 bits per heavy atom. The van der Waals surface area contributed by atoms with Crippen molar-refractivity contribution < 1.29 is 5.11 Å². The highest BCUT2D eigenvalue weighted by atomic mass is 16.3. The summed E-state index contributed by atoms with van der Waals surface area (Å²) in [5.41, 5.74) is 3.25. The van der Waals surface area contributed by atoms with Crippen molar-refractivity contribution in [2.45, 2.75) is 46.1 Å². The monoisotopic (exact) mass is 192 g/mol. The molecule has 2 unspecified atom stereocenters. The minimum atomic E-state index is -0.103. The fraction of sp³-hybridized carbons (Fsp3) is 0.692. The van der Waals surface area contributed by atoms with E-state index in [1.807, 2.05) is 0 Å². The predicted molar refractivity (Wildman–Crippen MR) is 59.0 cm³/mol. The molecule has 0 radical (unpaired) electrons. The van der Waals surface area contributed by atoms with Crippen LogP contribution in [-0.4, -0.2) is 11.2 Å². The molecular weight excluding hydrogens is 172 g/mol. The maximum Gasteiger partial charge on any atom is 0.0578 e. The normalized spacial score (nSPS) is 42.6. The first-order valence-electron chi connectivity index (χ1n) is 5.60. The van der Waals surface area contributed by atoms with Crippen LogP contribution in [0.2, 0.25) is 0 Å². The molecule has 0 aliphatic heterocycles. The number of hydrogen-bond donors (Lipinski definition) is 1. The standard InChI is InChI=1S/C13H20O/c1-9-4-5-11-8-12(14)6-7-13(11,3)10(9)2/h4-5,10,12,14H,6-8H2,1-3H3/t10?,12?,13-/m1/s1. The molecule has 1 heteroatoms. The molecule has 0 bridgehead atoms. The molecule has 0 spiro atoms. The zero-order chi connectivity index (χ0) is 10.3. The first-order chi connectivity index (χ1) is 6.54. The van der Waals surface area contributed by atoms with Crippen LogP contribution in [-0.2, 0) is 0 Å². The number of allylic oxidation sites excluding steroid dienone is 3. The van der Waals surface area contributed by atoms with Crippen LogP contribution in [0.4, 0.5) is 0 Å². The molecule has 0 aromatic rings. The summed E-state index contributed by atoms with van der Waals surface area (Å²) in [4.78, 5) is 0. The number of hydrogen-bond acceptors (Lipinski definition) is 1. The Morgan fingerprint density at radius 2 is 2.14 bits per heavy atom. The number of aliphatic hydroxyl groups is 1. The van der Waals surface area contributed by atoms with Crippen molar-refractivity contribution in [1.82, 2.24) is 0 Å². The van der Waals surface area contributed by atoms with Crippen LogP contribution in [0.1, 0.15) is 40.0 Å². The molecule has 0 heterocycles. The lowest BCUT2D eigenvalue weighted by Gasteiger charge is -2.45.